The van der Waals surface area contributed by atoms with E-state index in [4.69, 9.17) is 4.74 Å². The number of methoxy groups -OCH3 is 1. The molecule has 0 saturated heterocycles. The molecule has 6 nitrogen and oxygen atoms in total. The molecule has 2 rings (SSSR count). The second kappa shape index (κ2) is 6.80. The van der Waals surface area contributed by atoms with Gasteiger partial charge in [-0.05, 0) is 35.9 Å². The molecule has 2 heterocycles. The Morgan fingerprint density at radius 3 is 2.79 bits per heavy atom. The number of nitrogens with zero attached hydrogens (tertiary/aromatic N) is 4. The number of nitrogens with one attached hydrogen (secondary N) is 1. The molecule has 19 heavy (non-hydrogen) atoms. The van der Waals surface area contributed by atoms with E-state index in [-0.39, 0.29) is 0 Å². The van der Waals surface area contributed by atoms with E-state index >= 15 is 0 Å². The van der Waals surface area contributed by atoms with Gasteiger partial charge >= 0.3 is 0 Å². The Labute approximate surface area is 125 Å². The first-order valence-electron chi connectivity index (χ1n) is 5.96. The van der Waals surface area contributed by atoms with Crippen molar-refractivity contribution in [3.63, 3.8) is 0 Å². The number of hydrogen-bond donors (Lipinski definition) is 1. The third-order valence-electron chi connectivity index (χ3n) is 2.55. The van der Waals surface area contributed by atoms with Crippen molar-refractivity contribution >= 4 is 34.2 Å². The highest BCUT2D eigenvalue weighted by Gasteiger charge is 2.06. The van der Waals surface area contributed by atoms with Crippen LogP contribution in [0.5, 0.6) is 0 Å². The largest absolute Gasteiger partial charge is 0.385 e. The molecule has 7 heteroatoms. The average Bonchev–Trinajstić information content (AvgIpc) is 2.73. The van der Waals surface area contributed by atoms with E-state index in [1.807, 2.05) is 17.8 Å². The number of aromatic nitrogens is 4. The molecule has 0 aliphatic heterocycles. The smallest absolute Gasteiger partial charge is 0.227 e. The Hall–Kier alpha value is -1.22. The Morgan fingerprint density at radius 1 is 1.37 bits per heavy atom. The Balaban J connectivity index is 2.02. The summed E-state index contributed by atoms with van der Waals surface area (Å²) in [6.45, 7) is 3.54. The summed E-state index contributed by atoms with van der Waals surface area (Å²) in [6.07, 6.45) is 6.45. The second-order valence-electron chi connectivity index (χ2n) is 4.09. The van der Waals surface area contributed by atoms with Gasteiger partial charge in [0.1, 0.15) is 0 Å². The lowest BCUT2D eigenvalue weighted by Crippen LogP contribution is -2.01. The molecule has 0 aromatic carbocycles. The summed E-state index contributed by atoms with van der Waals surface area (Å²) >= 11 is 2.18. The van der Waals surface area contributed by atoms with E-state index in [9.17, 15) is 0 Å². The molecule has 0 unspecified atom stereocenters. The van der Waals surface area contributed by atoms with Crippen LogP contribution in [0, 0.1) is 10.5 Å². The van der Waals surface area contributed by atoms with E-state index in [1.165, 1.54) is 0 Å². The van der Waals surface area contributed by atoms with Gasteiger partial charge in [-0.15, -0.1) is 0 Å². The number of aryl methyl sites for hydroxylation is 2. The number of hydrogen-bond acceptors (Lipinski definition) is 5. The van der Waals surface area contributed by atoms with Gasteiger partial charge in [0.05, 0.1) is 11.4 Å². The summed E-state index contributed by atoms with van der Waals surface area (Å²) in [5, 5.41) is 7.61. The van der Waals surface area contributed by atoms with Crippen LogP contribution < -0.4 is 5.32 Å². The van der Waals surface area contributed by atoms with Gasteiger partial charge in [-0.1, -0.05) is 0 Å². The fourth-order valence-electron chi connectivity index (χ4n) is 1.62. The zero-order valence-electron chi connectivity index (χ0n) is 10.9. The third-order valence-corrected chi connectivity index (χ3v) is 3.11. The summed E-state index contributed by atoms with van der Waals surface area (Å²) in [6, 6.07) is 0. The van der Waals surface area contributed by atoms with Crippen molar-refractivity contribution in [3.05, 3.63) is 27.9 Å². The fourth-order valence-corrected chi connectivity index (χ4v) is 1.90. The van der Waals surface area contributed by atoms with Crippen molar-refractivity contribution in [2.45, 2.75) is 19.9 Å². The van der Waals surface area contributed by atoms with E-state index in [0.717, 1.165) is 34.5 Å². The topological polar surface area (TPSA) is 64.9 Å². The summed E-state index contributed by atoms with van der Waals surface area (Å²) in [5.74, 6) is 0.583. The number of halogens is 1. The highest BCUT2D eigenvalue weighted by atomic mass is 127. The molecule has 102 valence electrons. The lowest BCUT2D eigenvalue weighted by Gasteiger charge is -2.02. The Bertz CT molecular complexity index is 525. The SMILES string of the molecule is COCCCn1cc(Nc2ncc(I)cn2)c(C)n1. The first-order chi connectivity index (χ1) is 9.19. The fraction of sp³-hybridized carbons (Fsp3) is 0.417. The molecule has 0 radical (unpaired) electrons. The average molecular weight is 373 g/mol. The van der Waals surface area contributed by atoms with Crippen molar-refractivity contribution in [3.8, 4) is 0 Å². The minimum absolute atomic E-state index is 0.583. The van der Waals surface area contributed by atoms with E-state index in [2.05, 4.69) is 43.0 Å². The van der Waals surface area contributed by atoms with Gasteiger partial charge in [-0.3, -0.25) is 4.68 Å². The van der Waals surface area contributed by atoms with Gasteiger partial charge in [-0.2, -0.15) is 5.10 Å². The molecule has 0 saturated carbocycles. The van der Waals surface area contributed by atoms with Gasteiger partial charge in [0.15, 0.2) is 0 Å². The zero-order chi connectivity index (χ0) is 13.7. The predicted octanol–water partition coefficient (Wildman–Crippen LogP) is 2.37. The first kappa shape index (κ1) is 14.2. The first-order valence-corrected chi connectivity index (χ1v) is 7.04. The van der Waals surface area contributed by atoms with Crippen LogP contribution >= 0.6 is 22.6 Å². The lowest BCUT2D eigenvalue weighted by molar-refractivity contribution is 0.189. The van der Waals surface area contributed by atoms with Gasteiger partial charge in [0, 0.05) is 42.4 Å². The molecular formula is C12H16IN5O. The maximum atomic E-state index is 5.03. The minimum Gasteiger partial charge on any atom is -0.385 e. The van der Waals surface area contributed by atoms with E-state index in [0.29, 0.717) is 5.95 Å². The molecule has 0 aliphatic carbocycles. The van der Waals surface area contributed by atoms with Crippen LogP contribution in [0.1, 0.15) is 12.1 Å². The normalized spacial score (nSPS) is 10.7. The molecule has 0 atom stereocenters. The van der Waals surface area contributed by atoms with Crippen LogP contribution in [0.3, 0.4) is 0 Å². The standard InChI is InChI=1S/C12H16IN5O/c1-9-11(8-18(17-9)4-3-5-19-2)16-12-14-6-10(13)7-15-12/h6-8H,3-5H2,1-2H3,(H,14,15,16). The maximum Gasteiger partial charge on any atom is 0.227 e. The minimum atomic E-state index is 0.583. The highest BCUT2D eigenvalue weighted by Crippen LogP contribution is 2.17. The summed E-state index contributed by atoms with van der Waals surface area (Å²) < 4.78 is 7.95. The van der Waals surface area contributed by atoms with Gasteiger partial charge in [0.25, 0.3) is 0 Å². The van der Waals surface area contributed by atoms with Crippen LogP contribution in [0.4, 0.5) is 11.6 Å². The van der Waals surface area contributed by atoms with Crippen LogP contribution in [-0.4, -0.2) is 33.5 Å². The van der Waals surface area contributed by atoms with Gasteiger partial charge in [-0.25, -0.2) is 9.97 Å². The lowest BCUT2D eigenvalue weighted by atomic mass is 10.4. The Morgan fingerprint density at radius 2 is 2.11 bits per heavy atom. The van der Waals surface area contributed by atoms with Crippen molar-refractivity contribution in [1.29, 1.82) is 0 Å². The van der Waals surface area contributed by atoms with Crippen molar-refractivity contribution in [1.82, 2.24) is 19.7 Å². The maximum absolute atomic E-state index is 5.03. The molecular weight excluding hydrogens is 357 g/mol. The summed E-state index contributed by atoms with van der Waals surface area (Å²) in [5.41, 5.74) is 1.86. The molecule has 0 bridgehead atoms. The van der Waals surface area contributed by atoms with Crippen molar-refractivity contribution in [2.75, 3.05) is 19.0 Å². The highest BCUT2D eigenvalue weighted by molar-refractivity contribution is 14.1. The molecule has 0 aliphatic rings. The second-order valence-corrected chi connectivity index (χ2v) is 5.33. The van der Waals surface area contributed by atoms with Crippen molar-refractivity contribution < 1.29 is 4.74 Å². The summed E-state index contributed by atoms with van der Waals surface area (Å²) in [7, 11) is 1.70. The molecule has 0 spiro atoms. The van der Waals surface area contributed by atoms with Crippen LogP contribution in [-0.2, 0) is 11.3 Å². The molecule has 2 aromatic heterocycles. The molecule has 2 aromatic rings. The monoisotopic (exact) mass is 373 g/mol. The molecule has 0 amide bonds. The van der Waals surface area contributed by atoms with Crippen molar-refractivity contribution in [2.24, 2.45) is 0 Å². The summed E-state index contributed by atoms with van der Waals surface area (Å²) in [4.78, 5) is 8.43. The van der Waals surface area contributed by atoms with E-state index < -0.39 is 0 Å². The third kappa shape index (κ3) is 4.13. The molecule has 0 fully saturated rings. The number of rotatable bonds is 6. The predicted molar refractivity (Wildman–Crippen MR) is 81.5 cm³/mol. The quantitative estimate of drug-likeness (QED) is 0.622. The number of ether oxygens (including phenoxy) is 1. The van der Waals surface area contributed by atoms with Crippen LogP contribution in [0.15, 0.2) is 18.6 Å². The van der Waals surface area contributed by atoms with Gasteiger partial charge in [0.2, 0.25) is 5.95 Å². The van der Waals surface area contributed by atoms with E-state index in [1.54, 1.807) is 19.5 Å². The zero-order valence-corrected chi connectivity index (χ0v) is 13.1. The van der Waals surface area contributed by atoms with Crippen LogP contribution in [0.25, 0.3) is 0 Å². The number of anilines is 2. The van der Waals surface area contributed by atoms with Gasteiger partial charge < -0.3 is 10.1 Å². The Kier molecular flexibility index (Phi) is 5.08. The molecule has 1 N–H and O–H groups in total. The van der Waals surface area contributed by atoms with Crippen LogP contribution in [0.2, 0.25) is 0 Å².